The second kappa shape index (κ2) is 6.19. The molecular weight excluding hydrogens is 310 g/mol. The molecule has 19 heavy (non-hydrogen) atoms. The van der Waals surface area contributed by atoms with Gasteiger partial charge in [0.15, 0.2) is 0 Å². The first kappa shape index (κ1) is 14.1. The third kappa shape index (κ3) is 3.80. The van der Waals surface area contributed by atoms with Gasteiger partial charge in [0.25, 0.3) is 0 Å². The summed E-state index contributed by atoms with van der Waals surface area (Å²) in [6, 6.07) is 7.58. The molecule has 0 radical (unpaired) electrons. The molecule has 0 bridgehead atoms. The fraction of sp³-hybridized carbons (Fsp3) is 0.429. The molecule has 0 spiro atoms. The van der Waals surface area contributed by atoms with Crippen molar-refractivity contribution in [3.05, 3.63) is 34.3 Å². The number of carbonyl (C=O) groups excluding carboxylic acids is 1. The molecule has 1 amide bonds. The Hall–Kier alpha value is -1.36. The Morgan fingerprint density at radius 1 is 1.37 bits per heavy atom. The van der Waals surface area contributed by atoms with Crippen LogP contribution < -0.4 is 0 Å². The molecule has 1 N–H and O–H groups in total. The molecular formula is C14H16BrNO3. The average Bonchev–Trinajstić information content (AvgIpc) is 2.25. The number of nitrogens with zero attached hydrogens (tertiary/aromatic N) is 1. The van der Waals surface area contributed by atoms with E-state index < -0.39 is 5.97 Å². The van der Waals surface area contributed by atoms with Crippen molar-refractivity contribution in [1.82, 2.24) is 4.90 Å². The fourth-order valence-corrected chi connectivity index (χ4v) is 2.59. The van der Waals surface area contributed by atoms with Crippen molar-refractivity contribution in [1.29, 1.82) is 0 Å². The van der Waals surface area contributed by atoms with Gasteiger partial charge in [0, 0.05) is 16.9 Å². The Bertz CT molecular complexity index is 485. The number of rotatable bonds is 5. The van der Waals surface area contributed by atoms with Gasteiger partial charge in [0.05, 0.1) is 0 Å². The van der Waals surface area contributed by atoms with E-state index in [1.165, 1.54) is 4.90 Å². The lowest BCUT2D eigenvalue weighted by atomic mass is 9.84. The van der Waals surface area contributed by atoms with E-state index in [1.807, 2.05) is 24.3 Å². The smallest absolute Gasteiger partial charge is 0.323 e. The highest BCUT2D eigenvalue weighted by molar-refractivity contribution is 9.10. The van der Waals surface area contributed by atoms with E-state index in [-0.39, 0.29) is 18.4 Å². The Labute approximate surface area is 120 Å². The summed E-state index contributed by atoms with van der Waals surface area (Å²) >= 11 is 3.37. The SMILES string of the molecule is O=C(O)CN(Cc1cccc(Br)c1)C(=O)C1CCC1. The van der Waals surface area contributed by atoms with Crippen LogP contribution in [-0.4, -0.2) is 28.4 Å². The van der Waals surface area contributed by atoms with E-state index >= 15 is 0 Å². The molecule has 0 aromatic heterocycles. The summed E-state index contributed by atoms with van der Waals surface area (Å²) < 4.78 is 0.927. The number of aliphatic carboxylic acids is 1. The van der Waals surface area contributed by atoms with Gasteiger partial charge in [-0.2, -0.15) is 0 Å². The summed E-state index contributed by atoms with van der Waals surface area (Å²) in [4.78, 5) is 24.5. The number of halogens is 1. The zero-order valence-electron chi connectivity index (χ0n) is 10.5. The first-order valence-corrected chi connectivity index (χ1v) is 7.10. The lowest BCUT2D eigenvalue weighted by molar-refractivity contribution is -0.148. The Kier molecular flexibility index (Phi) is 4.58. The van der Waals surface area contributed by atoms with Crippen LogP contribution in [0, 0.1) is 5.92 Å². The number of carbonyl (C=O) groups is 2. The first-order valence-electron chi connectivity index (χ1n) is 6.31. The highest BCUT2D eigenvalue weighted by atomic mass is 79.9. The number of carboxylic acids is 1. The molecule has 4 nitrogen and oxygen atoms in total. The lowest BCUT2D eigenvalue weighted by Crippen LogP contribution is -2.41. The summed E-state index contributed by atoms with van der Waals surface area (Å²) in [6.45, 7) is 0.114. The average molecular weight is 326 g/mol. The topological polar surface area (TPSA) is 57.6 Å². The van der Waals surface area contributed by atoms with Crippen LogP contribution in [0.3, 0.4) is 0 Å². The molecule has 1 saturated carbocycles. The third-order valence-electron chi connectivity index (χ3n) is 3.35. The largest absolute Gasteiger partial charge is 0.480 e. The fourth-order valence-electron chi connectivity index (χ4n) is 2.14. The van der Waals surface area contributed by atoms with Gasteiger partial charge in [-0.15, -0.1) is 0 Å². The zero-order chi connectivity index (χ0) is 13.8. The van der Waals surface area contributed by atoms with Crippen molar-refractivity contribution in [2.24, 2.45) is 5.92 Å². The number of amides is 1. The molecule has 1 aromatic rings. The molecule has 102 valence electrons. The molecule has 1 aromatic carbocycles. The molecule has 0 saturated heterocycles. The van der Waals surface area contributed by atoms with Crippen LogP contribution in [-0.2, 0) is 16.1 Å². The molecule has 1 aliphatic carbocycles. The van der Waals surface area contributed by atoms with Gasteiger partial charge in [-0.1, -0.05) is 34.5 Å². The number of hydrogen-bond acceptors (Lipinski definition) is 2. The maximum absolute atomic E-state index is 12.2. The van der Waals surface area contributed by atoms with Crippen LogP contribution in [0.25, 0.3) is 0 Å². The minimum Gasteiger partial charge on any atom is -0.480 e. The molecule has 0 unspecified atom stereocenters. The Morgan fingerprint density at radius 3 is 2.63 bits per heavy atom. The van der Waals surface area contributed by atoms with Gasteiger partial charge in [-0.25, -0.2) is 0 Å². The second-order valence-corrected chi connectivity index (χ2v) is 5.76. The van der Waals surface area contributed by atoms with Crippen molar-refractivity contribution in [3.8, 4) is 0 Å². The van der Waals surface area contributed by atoms with Crippen LogP contribution in [0.1, 0.15) is 24.8 Å². The van der Waals surface area contributed by atoms with Gasteiger partial charge in [0.1, 0.15) is 6.54 Å². The van der Waals surface area contributed by atoms with E-state index in [9.17, 15) is 9.59 Å². The predicted octanol–water partition coefficient (Wildman–Crippen LogP) is 2.66. The molecule has 0 heterocycles. The molecule has 5 heteroatoms. The van der Waals surface area contributed by atoms with E-state index in [4.69, 9.17) is 5.11 Å². The summed E-state index contributed by atoms with van der Waals surface area (Å²) in [5, 5.41) is 8.93. The Balaban J connectivity index is 2.08. The molecule has 0 aliphatic heterocycles. The molecule has 0 atom stereocenters. The summed E-state index contributed by atoms with van der Waals surface area (Å²) in [5.41, 5.74) is 0.934. The highest BCUT2D eigenvalue weighted by Gasteiger charge is 2.30. The van der Waals surface area contributed by atoms with Crippen molar-refractivity contribution in [2.45, 2.75) is 25.8 Å². The lowest BCUT2D eigenvalue weighted by Gasteiger charge is -2.30. The summed E-state index contributed by atoms with van der Waals surface area (Å²) in [5.74, 6) is -0.984. The van der Waals surface area contributed by atoms with Gasteiger partial charge in [-0.05, 0) is 30.5 Å². The monoisotopic (exact) mass is 325 g/mol. The highest BCUT2D eigenvalue weighted by Crippen LogP contribution is 2.28. The predicted molar refractivity (Wildman–Crippen MR) is 74.5 cm³/mol. The van der Waals surface area contributed by atoms with Crippen molar-refractivity contribution in [2.75, 3.05) is 6.54 Å². The summed E-state index contributed by atoms with van der Waals surface area (Å²) in [6.07, 6.45) is 2.83. The number of benzene rings is 1. The molecule has 1 aliphatic rings. The van der Waals surface area contributed by atoms with Gasteiger partial charge < -0.3 is 10.0 Å². The zero-order valence-corrected chi connectivity index (χ0v) is 12.1. The van der Waals surface area contributed by atoms with E-state index in [0.717, 1.165) is 29.3 Å². The minimum absolute atomic E-state index is 0.0199. The first-order chi connectivity index (χ1) is 9.06. The van der Waals surface area contributed by atoms with Crippen LogP contribution >= 0.6 is 15.9 Å². The second-order valence-electron chi connectivity index (χ2n) is 4.85. The van der Waals surface area contributed by atoms with Gasteiger partial charge in [0.2, 0.25) is 5.91 Å². The van der Waals surface area contributed by atoms with Crippen molar-refractivity contribution in [3.63, 3.8) is 0 Å². The molecule has 1 fully saturated rings. The van der Waals surface area contributed by atoms with E-state index in [2.05, 4.69) is 15.9 Å². The normalized spacial score (nSPS) is 14.8. The van der Waals surface area contributed by atoms with Gasteiger partial charge >= 0.3 is 5.97 Å². The third-order valence-corrected chi connectivity index (χ3v) is 3.85. The van der Waals surface area contributed by atoms with Gasteiger partial charge in [-0.3, -0.25) is 9.59 Å². The molecule has 2 rings (SSSR count). The van der Waals surface area contributed by atoms with Crippen LogP contribution in [0.2, 0.25) is 0 Å². The van der Waals surface area contributed by atoms with Crippen LogP contribution in [0.15, 0.2) is 28.7 Å². The van der Waals surface area contributed by atoms with E-state index in [0.29, 0.717) is 6.54 Å². The van der Waals surface area contributed by atoms with Crippen molar-refractivity contribution >= 4 is 27.8 Å². The number of hydrogen-bond donors (Lipinski definition) is 1. The minimum atomic E-state index is -0.970. The maximum Gasteiger partial charge on any atom is 0.323 e. The summed E-state index contributed by atoms with van der Waals surface area (Å²) in [7, 11) is 0. The Morgan fingerprint density at radius 2 is 2.11 bits per heavy atom. The van der Waals surface area contributed by atoms with Crippen molar-refractivity contribution < 1.29 is 14.7 Å². The van der Waals surface area contributed by atoms with Crippen LogP contribution in [0.4, 0.5) is 0 Å². The standard InChI is InChI=1S/C14H16BrNO3/c15-12-6-1-3-10(7-12)8-16(9-13(17)18)14(19)11-4-2-5-11/h1,3,6-7,11H,2,4-5,8-9H2,(H,17,18). The maximum atomic E-state index is 12.2. The quantitative estimate of drug-likeness (QED) is 0.905. The van der Waals surface area contributed by atoms with Crippen LogP contribution in [0.5, 0.6) is 0 Å². The number of carboxylic acid groups (broad SMARTS) is 1. The van der Waals surface area contributed by atoms with E-state index in [1.54, 1.807) is 0 Å².